The number of hydrogen-bond donors (Lipinski definition) is 0. The molecule has 0 aliphatic heterocycles. The third kappa shape index (κ3) is 3.63. The van der Waals surface area contributed by atoms with Crippen LogP contribution in [-0.4, -0.2) is 16.6 Å². The molecule has 0 aliphatic rings. The summed E-state index contributed by atoms with van der Waals surface area (Å²) < 4.78 is 27.5. The number of phosphoric acid groups is 1. The van der Waals surface area contributed by atoms with Gasteiger partial charge < -0.3 is 12.6 Å². The molecule has 0 amide bonds. The second kappa shape index (κ2) is 6.08. The Labute approximate surface area is 114 Å². The van der Waals surface area contributed by atoms with Crippen LogP contribution in [0.15, 0.2) is 60.7 Å². The summed E-state index contributed by atoms with van der Waals surface area (Å²) in [6.07, 6.45) is 0. The maximum atomic E-state index is 12.2. The quantitative estimate of drug-likeness (QED) is 0.620. The lowest BCUT2D eigenvalue weighted by atomic mass is 10.3. The molecule has 4 nitrogen and oxygen atoms in total. The Morgan fingerprint density at radius 1 is 0.778 bits per heavy atom. The zero-order valence-corrected chi connectivity index (χ0v) is 11.5. The van der Waals surface area contributed by atoms with Gasteiger partial charge in [0.25, 0.3) is 0 Å². The van der Waals surface area contributed by atoms with Gasteiger partial charge in [-0.2, -0.15) is 0 Å². The van der Waals surface area contributed by atoms with Gasteiger partial charge in [0, 0.05) is 0 Å². The zero-order chi connectivity index (χ0) is 12.8. The number of rotatable bonds is 5. The Kier molecular flexibility index (Phi) is 4.46. The van der Waals surface area contributed by atoms with Crippen LogP contribution >= 0.6 is 7.82 Å². The first-order valence-electron chi connectivity index (χ1n) is 5.20. The molecule has 0 N–H and O–H groups in total. The third-order valence-electron chi connectivity index (χ3n) is 2.05. The molecule has 0 bridgehead atoms. The fraction of sp³-hybridized carbons (Fsp3) is 0. The molecule has 0 unspecified atom stereocenters. The largest absolute Gasteiger partial charge is 0.557 e. The minimum atomic E-state index is -3.68. The van der Waals surface area contributed by atoms with Crippen LogP contribution in [0.5, 0.6) is 11.5 Å². The molecule has 0 atom stereocenters. The van der Waals surface area contributed by atoms with Crippen molar-refractivity contribution in [3.8, 4) is 11.5 Å². The summed E-state index contributed by atoms with van der Waals surface area (Å²) in [5, 5.41) is 0. The molecule has 2 aromatic carbocycles. The molecule has 0 heterocycles. The first-order chi connectivity index (χ1) is 8.72. The van der Waals surface area contributed by atoms with Gasteiger partial charge in [-0.1, -0.05) is 36.4 Å². The van der Waals surface area contributed by atoms with Crippen molar-refractivity contribution in [2.24, 2.45) is 0 Å². The summed E-state index contributed by atoms with van der Waals surface area (Å²) >= 11 is 1.90. The minimum Gasteiger partial charge on any atom is -0.417 e. The van der Waals surface area contributed by atoms with Gasteiger partial charge in [-0.3, -0.25) is 0 Å². The predicted octanol–water partition coefficient (Wildman–Crippen LogP) is 3.35. The first-order valence-corrected chi connectivity index (χ1v) is 7.13. The fourth-order valence-corrected chi connectivity index (χ4v) is 2.42. The number of benzene rings is 2. The molecule has 0 spiro atoms. The summed E-state index contributed by atoms with van der Waals surface area (Å²) in [4.78, 5) is 0. The topological polar surface area (TPSA) is 44.8 Å². The second-order valence-corrected chi connectivity index (χ2v) is 5.46. The number of para-hydroxylation sites is 2. The molecule has 90 valence electrons. The van der Waals surface area contributed by atoms with E-state index >= 15 is 0 Å². The van der Waals surface area contributed by atoms with Gasteiger partial charge in [0.1, 0.15) is 11.5 Å². The van der Waals surface area contributed by atoms with E-state index in [1.807, 2.05) is 28.8 Å². The van der Waals surface area contributed by atoms with E-state index < -0.39 is 7.82 Å². The van der Waals surface area contributed by atoms with Crippen molar-refractivity contribution in [2.75, 3.05) is 0 Å². The second-order valence-electron chi connectivity index (χ2n) is 3.36. The van der Waals surface area contributed by atoms with Crippen LogP contribution in [0.3, 0.4) is 0 Å². The molecule has 18 heavy (non-hydrogen) atoms. The van der Waals surface area contributed by atoms with E-state index in [4.69, 9.17) is 12.6 Å². The van der Waals surface area contributed by atoms with Crippen molar-refractivity contribution in [1.29, 1.82) is 0 Å². The van der Waals surface area contributed by atoms with Crippen molar-refractivity contribution in [3.63, 3.8) is 0 Å². The standard InChI is InChI=1S/C12H11O4P.Al/c13-17(14,15-11-7-3-1-4-8-11)16-12-9-5-2-6-10-12;/h1-10H,(H,13,14);/q;+1/p-1. The molecule has 0 aliphatic carbocycles. The predicted molar refractivity (Wildman–Crippen MR) is 68.6 cm³/mol. The summed E-state index contributed by atoms with van der Waals surface area (Å²) in [5.74, 6) is 0.832. The molecule has 2 radical (unpaired) electrons. The SMILES string of the molecule is O=P([O][Al])(Oc1ccccc1)Oc1ccccc1. The zero-order valence-electron chi connectivity index (χ0n) is 9.43. The van der Waals surface area contributed by atoms with E-state index in [-0.39, 0.29) is 0 Å². The van der Waals surface area contributed by atoms with Gasteiger partial charge in [-0.25, -0.2) is 4.57 Å². The highest BCUT2D eigenvalue weighted by Gasteiger charge is 2.26. The van der Waals surface area contributed by atoms with Gasteiger partial charge in [-0.15, -0.1) is 0 Å². The lowest BCUT2D eigenvalue weighted by Gasteiger charge is -2.18. The highest BCUT2D eigenvalue weighted by Crippen LogP contribution is 2.48. The summed E-state index contributed by atoms with van der Waals surface area (Å²) in [6, 6.07) is 17.4. The van der Waals surface area contributed by atoms with Crippen LogP contribution < -0.4 is 9.05 Å². The Morgan fingerprint density at radius 2 is 1.17 bits per heavy atom. The van der Waals surface area contributed by atoms with Crippen molar-refractivity contribution in [3.05, 3.63) is 60.7 Å². The van der Waals surface area contributed by atoms with Gasteiger partial charge >= 0.3 is 24.4 Å². The van der Waals surface area contributed by atoms with E-state index in [0.717, 1.165) is 0 Å². The molecular weight excluding hydrogens is 266 g/mol. The van der Waals surface area contributed by atoms with Crippen LogP contribution in [0, 0.1) is 0 Å². The fourth-order valence-electron chi connectivity index (χ4n) is 1.28. The maximum absolute atomic E-state index is 12.2. The van der Waals surface area contributed by atoms with E-state index in [9.17, 15) is 4.57 Å². The highest BCUT2D eigenvalue weighted by atomic mass is 31.2. The molecule has 2 rings (SSSR count). The van der Waals surface area contributed by atoms with Crippen LogP contribution in [-0.2, 0) is 8.14 Å². The molecule has 6 heteroatoms. The Balaban J connectivity index is 2.14. The maximum Gasteiger partial charge on any atom is 0.557 e. The van der Waals surface area contributed by atoms with Crippen LogP contribution in [0.1, 0.15) is 0 Å². The van der Waals surface area contributed by atoms with Crippen LogP contribution in [0.4, 0.5) is 0 Å². The molecule has 0 saturated carbocycles. The minimum absolute atomic E-state index is 0.416. The Bertz CT molecular complexity index is 487. The van der Waals surface area contributed by atoms with Crippen LogP contribution in [0.2, 0.25) is 0 Å². The lowest BCUT2D eigenvalue weighted by molar-refractivity contribution is 0.307. The summed E-state index contributed by atoms with van der Waals surface area (Å²) in [7, 11) is -3.68. The van der Waals surface area contributed by atoms with Crippen LogP contribution in [0.25, 0.3) is 0 Å². The smallest absolute Gasteiger partial charge is 0.417 e. The van der Waals surface area contributed by atoms with E-state index in [1.54, 1.807) is 48.5 Å². The summed E-state index contributed by atoms with van der Waals surface area (Å²) in [5.41, 5.74) is 0. The van der Waals surface area contributed by atoms with Crippen molar-refractivity contribution >= 4 is 24.4 Å². The van der Waals surface area contributed by atoms with E-state index in [0.29, 0.717) is 11.5 Å². The third-order valence-corrected chi connectivity index (χ3v) is 3.95. The van der Waals surface area contributed by atoms with Crippen molar-refractivity contribution in [2.45, 2.75) is 0 Å². The first kappa shape index (κ1) is 13.2. The molecule has 0 fully saturated rings. The average Bonchev–Trinajstić information content (AvgIpc) is 2.41. The highest BCUT2D eigenvalue weighted by molar-refractivity contribution is 7.50. The van der Waals surface area contributed by atoms with Gasteiger partial charge in [-0.05, 0) is 24.3 Å². The normalized spacial score (nSPS) is 10.9. The van der Waals surface area contributed by atoms with Crippen molar-refractivity contribution < 1.29 is 17.2 Å². The number of hydrogen-bond acceptors (Lipinski definition) is 4. The van der Waals surface area contributed by atoms with Crippen molar-refractivity contribution in [1.82, 2.24) is 0 Å². The van der Waals surface area contributed by atoms with Gasteiger partial charge in [0.05, 0.1) is 0 Å². The monoisotopic (exact) mass is 276 g/mol. The lowest BCUT2D eigenvalue weighted by Crippen LogP contribution is -2.03. The van der Waals surface area contributed by atoms with E-state index in [2.05, 4.69) is 0 Å². The number of phosphoric ester groups is 1. The van der Waals surface area contributed by atoms with Gasteiger partial charge in [0.2, 0.25) is 0 Å². The molecule has 0 aromatic heterocycles. The molecule has 0 saturated heterocycles. The Morgan fingerprint density at radius 3 is 1.50 bits per heavy atom. The molecular formula is C12H10AlO4P. The van der Waals surface area contributed by atoms with Gasteiger partial charge in [0.15, 0.2) is 0 Å². The molecule has 2 aromatic rings. The Hall–Kier alpha value is -1.24. The van der Waals surface area contributed by atoms with E-state index in [1.165, 1.54) is 0 Å². The summed E-state index contributed by atoms with van der Waals surface area (Å²) in [6.45, 7) is 0. The average molecular weight is 276 g/mol.